The van der Waals surface area contributed by atoms with E-state index in [0.717, 1.165) is 29.3 Å². The lowest BCUT2D eigenvalue weighted by Gasteiger charge is -2.19. The Morgan fingerprint density at radius 3 is 2.47 bits per heavy atom. The van der Waals surface area contributed by atoms with Crippen LogP contribution in [-0.4, -0.2) is 0 Å². The van der Waals surface area contributed by atoms with Crippen LogP contribution < -0.4 is 5.73 Å². The number of rotatable bonds is 4. The maximum Gasteiger partial charge on any atom is 0.124 e. The third-order valence-electron chi connectivity index (χ3n) is 2.75. The number of hydrogen-bond acceptors (Lipinski definition) is 1. The van der Waals surface area contributed by atoms with Gasteiger partial charge >= 0.3 is 0 Å². The van der Waals surface area contributed by atoms with Gasteiger partial charge in [-0.1, -0.05) is 43.1 Å². The van der Waals surface area contributed by atoms with Gasteiger partial charge in [0.1, 0.15) is 5.82 Å². The van der Waals surface area contributed by atoms with E-state index >= 15 is 0 Å². The van der Waals surface area contributed by atoms with Crippen LogP contribution in [0.25, 0.3) is 0 Å². The fraction of sp³-hybridized carbons (Fsp3) is 0.571. The van der Waals surface area contributed by atoms with Gasteiger partial charge in [-0.15, -0.1) is 0 Å². The zero-order valence-corrected chi connectivity index (χ0v) is 12.3. The molecule has 1 rings (SSSR count). The molecule has 0 aliphatic carbocycles. The maximum absolute atomic E-state index is 13.2. The minimum Gasteiger partial charge on any atom is -0.324 e. The molecule has 0 aliphatic rings. The molecule has 1 aromatic carbocycles. The van der Waals surface area contributed by atoms with E-state index in [9.17, 15) is 4.39 Å². The molecule has 3 heteroatoms. The summed E-state index contributed by atoms with van der Waals surface area (Å²) >= 11 is 3.29. The van der Waals surface area contributed by atoms with Crippen molar-refractivity contribution in [1.29, 1.82) is 0 Å². The molecular weight excluding hydrogens is 281 g/mol. The molecule has 2 N–H and O–H groups in total. The molecule has 0 fully saturated rings. The molecule has 96 valence electrons. The summed E-state index contributed by atoms with van der Waals surface area (Å²) in [6, 6.07) is 4.78. The topological polar surface area (TPSA) is 26.0 Å². The van der Waals surface area contributed by atoms with Crippen molar-refractivity contribution in [3.8, 4) is 0 Å². The van der Waals surface area contributed by atoms with Crippen LogP contribution in [0, 0.1) is 11.2 Å². The monoisotopic (exact) mass is 301 g/mol. The zero-order chi connectivity index (χ0) is 13.1. The summed E-state index contributed by atoms with van der Waals surface area (Å²) < 4.78 is 14.0. The number of hydrogen-bond donors (Lipinski definition) is 1. The van der Waals surface area contributed by atoms with Gasteiger partial charge in [-0.05, 0) is 42.0 Å². The first kappa shape index (κ1) is 14.7. The fourth-order valence-corrected chi connectivity index (χ4v) is 2.29. The fourth-order valence-electron chi connectivity index (χ4n) is 1.81. The third-order valence-corrected chi connectivity index (χ3v) is 3.21. The Morgan fingerprint density at radius 2 is 1.94 bits per heavy atom. The van der Waals surface area contributed by atoms with Crippen molar-refractivity contribution in [2.24, 2.45) is 11.1 Å². The zero-order valence-electron chi connectivity index (χ0n) is 10.8. The van der Waals surface area contributed by atoms with Crippen LogP contribution in [0.1, 0.15) is 51.6 Å². The highest BCUT2D eigenvalue weighted by atomic mass is 79.9. The van der Waals surface area contributed by atoms with Crippen LogP contribution in [0.3, 0.4) is 0 Å². The van der Waals surface area contributed by atoms with Crippen molar-refractivity contribution in [3.63, 3.8) is 0 Å². The van der Waals surface area contributed by atoms with Gasteiger partial charge in [0.2, 0.25) is 0 Å². The van der Waals surface area contributed by atoms with Gasteiger partial charge in [-0.3, -0.25) is 0 Å². The van der Waals surface area contributed by atoms with E-state index in [1.54, 1.807) is 0 Å². The quantitative estimate of drug-likeness (QED) is 0.849. The van der Waals surface area contributed by atoms with Gasteiger partial charge in [0.25, 0.3) is 0 Å². The maximum atomic E-state index is 13.2. The smallest absolute Gasteiger partial charge is 0.124 e. The SMILES string of the molecule is CC(C)(C)CCCC(N)c1cc(F)cc(Br)c1. The van der Waals surface area contributed by atoms with E-state index in [-0.39, 0.29) is 11.9 Å². The number of nitrogens with two attached hydrogens (primary N) is 1. The van der Waals surface area contributed by atoms with E-state index in [1.165, 1.54) is 12.1 Å². The second-order valence-corrected chi connectivity index (χ2v) is 6.68. The summed E-state index contributed by atoms with van der Waals surface area (Å²) in [5.41, 5.74) is 7.28. The number of halogens is 2. The molecule has 0 aromatic heterocycles. The van der Waals surface area contributed by atoms with Crippen molar-refractivity contribution in [3.05, 3.63) is 34.1 Å². The Morgan fingerprint density at radius 1 is 1.29 bits per heavy atom. The largest absolute Gasteiger partial charge is 0.324 e. The van der Waals surface area contributed by atoms with Crippen molar-refractivity contribution < 1.29 is 4.39 Å². The normalized spacial score (nSPS) is 13.8. The Hall–Kier alpha value is -0.410. The standard InChI is InChI=1S/C14H21BrFN/c1-14(2,3)6-4-5-13(17)10-7-11(15)9-12(16)8-10/h7-9,13H,4-6,17H2,1-3H3. The first-order valence-corrected chi connectivity index (χ1v) is 6.79. The third kappa shape index (κ3) is 5.64. The summed E-state index contributed by atoms with van der Waals surface area (Å²) in [6.07, 6.45) is 3.10. The summed E-state index contributed by atoms with van der Waals surface area (Å²) in [6.45, 7) is 6.66. The molecule has 0 heterocycles. The van der Waals surface area contributed by atoms with E-state index in [1.807, 2.05) is 6.07 Å². The van der Waals surface area contributed by atoms with Crippen LogP contribution in [0.5, 0.6) is 0 Å². The number of benzene rings is 1. The van der Waals surface area contributed by atoms with Crippen LogP contribution in [0.2, 0.25) is 0 Å². The molecule has 0 saturated heterocycles. The van der Waals surface area contributed by atoms with Crippen LogP contribution in [-0.2, 0) is 0 Å². The Balaban J connectivity index is 2.55. The molecule has 1 aromatic rings. The van der Waals surface area contributed by atoms with Crippen LogP contribution >= 0.6 is 15.9 Å². The summed E-state index contributed by atoms with van der Waals surface area (Å²) in [4.78, 5) is 0. The van der Waals surface area contributed by atoms with Gasteiger partial charge in [0, 0.05) is 10.5 Å². The van der Waals surface area contributed by atoms with Gasteiger partial charge in [0.05, 0.1) is 0 Å². The minimum atomic E-state index is -0.236. The Bertz CT molecular complexity index is 351. The summed E-state index contributed by atoms with van der Waals surface area (Å²) in [7, 11) is 0. The van der Waals surface area contributed by atoms with Crippen molar-refractivity contribution >= 4 is 15.9 Å². The van der Waals surface area contributed by atoms with E-state index in [4.69, 9.17) is 5.73 Å². The highest BCUT2D eigenvalue weighted by Gasteiger charge is 2.12. The van der Waals surface area contributed by atoms with Crippen molar-refractivity contribution in [2.75, 3.05) is 0 Å². The second kappa shape index (κ2) is 5.96. The molecule has 17 heavy (non-hydrogen) atoms. The average Bonchev–Trinajstić information content (AvgIpc) is 2.13. The Kier molecular flexibility index (Phi) is 5.14. The van der Waals surface area contributed by atoms with Gasteiger partial charge < -0.3 is 5.73 Å². The molecule has 0 radical (unpaired) electrons. The van der Waals surface area contributed by atoms with Crippen molar-refractivity contribution in [1.82, 2.24) is 0 Å². The minimum absolute atomic E-state index is 0.0793. The van der Waals surface area contributed by atoms with E-state index in [0.29, 0.717) is 5.41 Å². The average molecular weight is 302 g/mol. The van der Waals surface area contributed by atoms with Crippen molar-refractivity contribution in [2.45, 2.75) is 46.1 Å². The molecule has 1 unspecified atom stereocenters. The molecule has 0 bridgehead atoms. The first-order valence-electron chi connectivity index (χ1n) is 5.99. The molecule has 1 nitrogen and oxygen atoms in total. The van der Waals surface area contributed by atoms with E-state index in [2.05, 4.69) is 36.7 Å². The predicted molar refractivity (Wildman–Crippen MR) is 74.3 cm³/mol. The summed E-state index contributed by atoms with van der Waals surface area (Å²) in [5, 5.41) is 0. The molecular formula is C14H21BrFN. The molecule has 0 spiro atoms. The lowest BCUT2D eigenvalue weighted by Crippen LogP contribution is -2.12. The van der Waals surface area contributed by atoms with Crippen LogP contribution in [0.4, 0.5) is 4.39 Å². The molecule has 0 amide bonds. The molecule has 0 saturated carbocycles. The molecule has 1 atom stereocenters. The Labute approximate surface area is 112 Å². The van der Waals surface area contributed by atoms with Gasteiger partial charge in [-0.2, -0.15) is 0 Å². The van der Waals surface area contributed by atoms with E-state index < -0.39 is 0 Å². The first-order chi connectivity index (χ1) is 7.78. The predicted octanol–water partition coefficient (Wildman–Crippen LogP) is 4.80. The highest BCUT2D eigenvalue weighted by Crippen LogP contribution is 2.26. The molecule has 0 aliphatic heterocycles. The van der Waals surface area contributed by atoms with Gasteiger partial charge in [0.15, 0.2) is 0 Å². The lowest BCUT2D eigenvalue weighted by atomic mass is 9.88. The van der Waals surface area contributed by atoms with Gasteiger partial charge in [-0.25, -0.2) is 4.39 Å². The lowest BCUT2D eigenvalue weighted by molar-refractivity contribution is 0.353. The highest BCUT2D eigenvalue weighted by molar-refractivity contribution is 9.10. The second-order valence-electron chi connectivity index (χ2n) is 5.76. The summed E-state index contributed by atoms with van der Waals surface area (Å²) in [5.74, 6) is -0.236. The van der Waals surface area contributed by atoms with Crippen LogP contribution in [0.15, 0.2) is 22.7 Å².